The lowest BCUT2D eigenvalue weighted by atomic mass is 10.2. The quantitative estimate of drug-likeness (QED) is 0.535. The number of anilines is 1. The number of thioether (sulfide) groups is 1. The number of nitrogens with one attached hydrogen (secondary N) is 1. The lowest BCUT2D eigenvalue weighted by molar-refractivity contribution is -0.116. The molecular weight excluding hydrogens is 346 g/mol. The van der Waals surface area contributed by atoms with E-state index in [9.17, 15) is 4.79 Å². The second-order valence-corrected chi connectivity index (χ2v) is 6.66. The van der Waals surface area contributed by atoms with E-state index < -0.39 is 0 Å². The summed E-state index contributed by atoms with van der Waals surface area (Å²) in [6.45, 7) is 0. The molecule has 24 heavy (non-hydrogen) atoms. The molecule has 0 aliphatic rings. The highest BCUT2D eigenvalue weighted by Gasteiger charge is 2.06. The van der Waals surface area contributed by atoms with E-state index in [1.165, 1.54) is 0 Å². The first-order valence-electron chi connectivity index (χ1n) is 7.52. The van der Waals surface area contributed by atoms with Crippen molar-refractivity contribution < 1.29 is 14.3 Å². The molecule has 0 saturated carbocycles. The minimum Gasteiger partial charge on any atom is -0.497 e. The number of hydrogen-bond donors (Lipinski definition) is 1. The van der Waals surface area contributed by atoms with Crippen LogP contribution in [-0.2, 0) is 4.79 Å². The van der Waals surface area contributed by atoms with Gasteiger partial charge in [0.15, 0.2) is 0 Å². The van der Waals surface area contributed by atoms with Gasteiger partial charge in [-0.3, -0.25) is 4.79 Å². The van der Waals surface area contributed by atoms with Crippen molar-refractivity contribution in [2.45, 2.75) is 17.7 Å². The Hall–Kier alpha value is -1.85. The van der Waals surface area contributed by atoms with E-state index >= 15 is 0 Å². The van der Waals surface area contributed by atoms with E-state index in [0.29, 0.717) is 23.6 Å². The van der Waals surface area contributed by atoms with E-state index in [0.717, 1.165) is 22.1 Å². The van der Waals surface area contributed by atoms with Gasteiger partial charge in [0.25, 0.3) is 0 Å². The van der Waals surface area contributed by atoms with Gasteiger partial charge in [-0.25, -0.2) is 0 Å². The summed E-state index contributed by atoms with van der Waals surface area (Å²) in [6.07, 6.45) is 1.25. The minimum absolute atomic E-state index is 0.0259. The summed E-state index contributed by atoms with van der Waals surface area (Å²) in [7, 11) is 3.16. The van der Waals surface area contributed by atoms with Gasteiger partial charge in [0, 0.05) is 40.2 Å². The Kier molecular flexibility index (Phi) is 7.28. The molecule has 0 radical (unpaired) electrons. The fourth-order valence-electron chi connectivity index (χ4n) is 2.06. The average molecular weight is 366 g/mol. The number of halogens is 1. The largest absolute Gasteiger partial charge is 0.497 e. The van der Waals surface area contributed by atoms with Crippen LogP contribution < -0.4 is 14.8 Å². The summed E-state index contributed by atoms with van der Waals surface area (Å²) in [5.74, 6) is 2.13. The average Bonchev–Trinajstić information content (AvgIpc) is 2.59. The highest BCUT2D eigenvalue weighted by molar-refractivity contribution is 7.99. The van der Waals surface area contributed by atoms with Crippen molar-refractivity contribution >= 4 is 35.0 Å². The molecular formula is C18H20ClNO3S. The fourth-order valence-corrected chi connectivity index (χ4v) is 3.04. The summed E-state index contributed by atoms with van der Waals surface area (Å²) < 4.78 is 10.4. The van der Waals surface area contributed by atoms with Gasteiger partial charge in [-0.2, -0.15) is 0 Å². The molecule has 2 aromatic carbocycles. The van der Waals surface area contributed by atoms with Crippen LogP contribution in [0.5, 0.6) is 11.5 Å². The lowest BCUT2D eigenvalue weighted by Crippen LogP contribution is -2.11. The molecule has 0 aliphatic carbocycles. The molecule has 0 spiro atoms. The van der Waals surface area contributed by atoms with Crippen LogP contribution >= 0.6 is 23.4 Å². The van der Waals surface area contributed by atoms with Crippen molar-refractivity contribution in [2.24, 2.45) is 0 Å². The smallest absolute Gasteiger partial charge is 0.224 e. The second kappa shape index (κ2) is 9.45. The topological polar surface area (TPSA) is 47.6 Å². The molecule has 1 amide bonds. The summed E-state index contributed by atoms with van der Waals surface area (Å²) >= 11 is 7.57. The van der Waals surface area contributed by atoms with Gasteiger partial charge in [0.05, 0.1) is 14.2 Å². The number of ether oxygens (including phenoxy) is 2. The molecule has 1 N–H and O–H groups in total. The Bertz CT molecular complexity index is 654. The number of hydrogen-bond acceptors (Lipinski definition) is 4. The maximum Gasteiger partial charge on any atom is 0.224 e. The van der Waals surface area contributed by atoms with Gasteiger partial charge in [0.2, 0.25) is 5.91 Å². The van der Waals surface area contributed by atoms with Crippen molar-refractivity contribution in [1.29, 1.82) is 0 Å². The van der Waals surface area contributed by atoms with Crippen molar-refractivity contribution in [3.63, 3.8) is 0 Å². The fraction of sp³-hybridized carbons (Fsp3) is 0.278. The highest BCUT2D eigenvalue weighted by Crippen LogP contribution is 2.26. The van der Waals surface area contributed by atoms with E-state index in [1.807, 2.05) is 24.3 Å². The molecule has 4 nitrogen and oxygen atoms in total. The molecule has 0 aliphatic heterocycles. The zero-order chi connectivity index (χ0) is 17.4. The van der Waals surface area contributed by atoms with Crippen LogP contribution in [0.4, 0.5) is 5.69 Å². The van der Waals surface area contributed by atoms with E-state index in [1.54, 1.807) is 44.2 Å². The van der Waals surface area contributed by atoms with Crippen LogP contribution in [0.1, 0.15) is 12.8 Å². The minimum atomic E-state index is -0.0259. The van der Waals surface area contributed by atoms with Crippen LogP contribution in [0.25, 0.3) is 0 Å². The van der Waals surface area contributed by atoms with Gasteiger partial charge >= 0.3 is 0 Å². The van der Waals surface area contributed by atoms with Crippen molar-refractivity contribution in [1.82, 2.24) is 0 Å². The Labute approximate surface area is 151 Å². The van der Waals surface area contributed by atoms with Crippen molar-refractivity contribution in [3.05, 3.63) is 47.5 Å². The molecule has 0 heterocycles. The third-order valence-electron chi connectivity index (χ3n) is 3.27. The van der Waals surface area contributed by atoms with Crippen LogP contribution in [0.15, 0.2) is 47.4 Å². The number of amides is 1. The molecule has 128 valence electrons. The first kappa shape index (κ1) is 18.5. The first-order valence-corrected chi connectivity index (χ1v) is 8.88. The molecule has 0 fully saturated rings. The SMILES string of the molecule is COc1cc(NC(=O)CCCSc2ccc(Cl)cc2)cc(OC)c1. The number of benzene rings is 2. The number of carbonyl (C=O) groups excluding carboxylic acids is 1. The van der Waals surface area contributed by atoms with Gasteiger partial charge < -0.3 is 14.8 Å². The zero-order valence-corrected chi connectivity index (χ0v) is 15.2. The second-order valence-electron chi connectivity index (χ2n) is 5.06. The molecule has 0 saturated heterocycles. The van der Waals surface area contributed by atoms with Gasteiger partial charge in [-0.15, -0.1) is 11.8 Å². The Morgan fingerprint density at radius 2 is 1.71 bits per heavy atom. The number of carbonyl (C=O) groups is 1. The molecule has 6 heteroatoms. The summed E-state index contributed by atoms with van der Waals surface area (Å²) in [4.78, 5) is 13.2. The summed E-state index contributed by atoms with van der Waals surface area (Å²) in [5, 5.41) is 3.60. The van der Waals surface area contributed by atoms with Crippen molar-refractivity contribution in [2.75, 3.05) is 25.3 Å². The maximum absolute atomic E-state index is 12.0. The number of methoxy groups -OCH3 is 2. The van der Waals surface area contributed by atoms with Crippen LogP contribution in [0.2, 0.25) is 5.02 Å². The normalized spacial score (nSPS) is 10.3. The van der Waals surface area contributed by atoms with Gasteiger partial charge in [-0.05, 0) is 36.4 Å². The third kappa shape index (κ3) is 5.98. The predicted molar refractivity (Wildman–Crippen MR) is 99.6 cm³/mol. The molecule has 2 aromatic rings. The summed E-state index contributed by atoms with van der Waals surface area (Å²) in [5.41, 5.74) is 0.668. The van der Waals surface area contributed by atoms with Crippen LogP contribution in [-0.4, -0.2) is 25.9 Å². The molecule has 0 aromatic heterocycles. The van der Waals surface area contributed by atoms with E-state index in [2.05, 4.69) is 5.32 Å². The standard InChI is InChI=1S/C18H20ClNO3S/c1-22-15-10-14(11-16(12-15)23-2)20-18(21)4-3-9-24-17-7-5-13(19)6-8-17/h5-8,10-12H,3-4,9H2,1-2H3,(H,20,21). The number of rotatable bonds is 8. The lowest BCUT2D eigenvalue weighted by Gasteiger charge is -2.10. The highest BCUT2D eigenvalue weighted by atomic mass is 35.5. The maximum atomic E-state index is 12.0. The van der Waals surface area contributed by atoms with Crippen LogP contribution in [0, 0.1) is 0 Å². The third-order valence-corrected chi connectivity index (χ3v) is 4.62. The Morgan fingerprint density at radius 3 is 2.29 bits per heavy atom. The Morgan fingerprint density at radius 1 is 1.08 bits per heavy atom. The molecule has 0 bridgehead atoms. The predicted octanol–water partition coefficient (Wildman–Crippen LogP) is 4.87. The zero-order valence-electron chi connectivity index (χ0n) is 13.7. The Balaban J connectivity index is 1.78. The van der Waals surface area contributed by atoms with Gasteiger partial charge in [0.1, 0.15) is 11.5 Å². The molecule has 0 unspecified atom stereocenters. The van der Waals surface area contributed by atoms with Crippen LogP contribution in [0.3, 0.4) is 0 Å². The van der Waals surface area contributed by atoms with E-state index in [-0.39, 0.29) is 5.91 Å². The molecule has 0 atom stereocenters. The van der Waals surface area contributed by atoms with Crippen molar-refractivity contribution in [3.8, 4) is 11.5 Å². The van der Waals surface area contributed by atoms with Gasteiger partial charge in [-0.1, -0.05) is 11.6 Å². The monoisotopic (exact) mass is 365 g/mol. The summed E-state index contributed by atoms with van der Waals surface area (Å²) in [6, 6.07) is 13.0. The molecule has 2 rings (SSSR count). The first-order chi connectivity index (χ1) is 11.6. The van der Waals surface area contributed by atoms with E-state index in [4.69, 9.17) is 21.1 Å².